The summed E-state index contributed by atoms with van der Waals surface area (Å²) in [7, 11) is 0. The van der Waals surface area contributed by atoms with Gasteiger partial charge in [0.05, 0.1) is 5.75 Å². The van der Waals surface area contributed by atoms with Crippen molar-refractivity contribution < 1.29 is 4.79 Å². The summed E-state index contributed by atoms with van der Waals surface area (Å²) in [6, 6.07) is 9.17. The summed E-state index contributed by atoms with van der Waals surface area (Å²) in [5.74, 6) is 0.809. The second-order valence-corrected chi connectivity index (χ2v) is 5.21. The molecule has 2 N–H and O–H groups in total. The third kappa shape index (κ3) is 3.78. The lowest BCUT2D eigenvalue weighted by Gasteiger charge is -2.02. The highest BCUT2D eigenvalue weighted by atomic mass is 35.5. The summed E-state index contributed by atoms with van der Waals surface area (Å²) < 4.78 is 0. The van der Waals surface area contributed by atoms with Crippen molar-refractivity contribution in [3.63, 3.8) is 0 Å². The van der Waals surface area contributed by atoms with Crippen LogP contribution < -0.4 is 5.32 Å². The van der Waals surface area contributed by atoms with Crippen LogP contribution in [0, 0.1) is 6.92 Å². The molecule has 1 amide bonds. The summed E-state index contributed by atoms with van der Waals surface area (Å²) >= 11 is 7.24. The molecule has 2 rings (SSSR count). The minimum Gasteiger partial charge on any atom is -0.308 e. The SMILES string of the molecule is Cc1cc(NC(=O)CSc2ccc(Cl)cc2)n[nH]1. The first-order valence-corrected chi connectivity index (χ1v) is 6.70. The Morgan fingerprint density at radius 1 is 1.44 bits per heavy atom. The summed E-state index contributed by atoms with van der Waals surface area (Å²) in [5.41, 5.74) is 0.913. The molecule has 0 spiro atoms. The van der Waals surface area contributed by atoms with Crippen molar-refractivity contribution in [2.24, 2.45) is 0 Å². The second-order valence-electron chi connectivity index (χ2n) is 3.73. The number of nitrogens with one attached hydrogen (secondary N) is 2. The van der Waals surface area contributed by atoms with Crippen molar-refractivity contribution in [1.82, 2.24) is 10.2 Å². The molecule has 18 heavy (non-hydrogen) atoms. The molecule has 1 heterocycles. The van der Waals surface area contributed by atoms with E-state index < -0.39 is 0 Å². The van der Waals surface area contributed by atoms with Crippen molar-refractivity contribution in [2.45, 2.75) is 11.8 Å². The van der Waals surface area contributed by atoms with Crippen LogP contribution in [0.1, 0.15) is 5.69 Å². The molecule has 0 aliphatic rings. The van der Waals surface area contributed by atoms with E-state index >= 15 is 0 Å². The third-order valence-corrected chi connectivity index (χ3v) is 3.42. The number of aryl methyl sites for hydroxylation is 1. The Bertz CT molecular complexity index is 539. The van der Waals surface area contributed by atoms with Gasteiger partial charge in [-0.15, -0.1) is 11.8 Å². The molecule has 0 radical (unpaired) electrons. The predicted octanol–water partition coefficient (Wildman–Crippen LogP) is 3.10. The van der Waals surface area contributed by atoms with Gasteiger partial charge in [0.1, 0.15) is 0 Å². The van der Waals surface area contributed by atoms with E-state index in [1.165, 1.54) is 11.8 Å². The molecule has 1 aromatic carbocycles. The molecule has 0 saturated carbocycles. The van der Waals surface area contributed by atoms with Crippen molar-refractivity contribution in [3.05, 3.63) is 41.0 Å². The number of hydrogen-bond acceptors (Lipinski definition) is 3. The van der Waals surface area contributed by atoms with E-state index in [-0.39, 0.29) is 5.91 Å². The number of carbonyl (C=O) groups is 1. The van der Waals surface area contributed by atoms with E-state index in [1.54, 1.807) is 18.2 Å². The van der Waals surface area contributed by atoms with Gasteiger partial charge < -0.3 is 5.32 Å². The largest absolute Gasteiger partial charge is 0.308 e. The fourth-order valence-electron chi connectivity index (χ4n) is 1.34. The Morgan fingerprint density at radius 3 is 2.78 bits per heavy atom. The van der Waals surface area contributed by atoms with Gasteiger partial charge in [0.15, 0.2) is 5.82 Å². The molecule has 0 bridgehead atoms. The predicted molar refractivity (Wildman–Crippen MR) is 74.1 cm³/mol. The lowest BCUT2D eigenvalue weighted by molar-refractivity contribution is -0.113. The summed E-state index contributed by atoms with van der Waals surface area (Å²) in [4.78, 5) is 12.7. The number of halogens is 1. The zero-order valence-corrected chi connectivity index (χ0v) is 11.3. The highest BCUT2D eigenvalue weighted by Gasteiger charge is 2.05. The maximum atomic E-state index is 11.7. The van der Waals surface area contributed by atoms with E-state index in [0.717, 1.165) is 10.6 Å². The molecule has 6 heteroatoms. The molecular weight excluding hydrogens is 270 g/mol. The monoisotopic (exact) mass is 281 g/mol. The van der Waals surface area contributed by atoms with Crippen LogP contribution in [0.2, 0.25) is 5.02 Å². The van der Waals surface area contributed by atoms with Gasteiger partial charge in [0.25, 0.3) is 0 Å². The van der Waals surface area contributed by atoms with Gasteiger partial charge >= 0.3 is 0 Å². The Balaban J connectivity index is 1.83. The average Bonchev–Trinajstić information content (AvgIpc) is 2.74. The zero-order chi connectivity index (χ0) is 13.0. The quantitative estimate of drug-likeness (QED) is 0.847. The van der Waals surface area contributed by atoms with Gasteiger partial charge in [-0.25, -0.2) is 0 Å². The fraction of sp³-hybridized carbons (Fsp3) is 0.167. The van der Waals surface area contributed by atoms with Crippen LogP contribution in [0.15, 0.2) is 35.2 Å². The van der Waals surface area contributed by atoms with Gasteiger partial charge in [-0.05, 0) is 31.2 Å². The Kier molecular flexibility index (Phi) is 4.28. The molecule has 94 valence electrons. The molecule has 0 fully saturated rings. The van der Waals surface area contributed by atoms with Crippen molar-refractivity contribution in [3.8, 4) is 0 Å². The number of thioether (sulfide) groups is 1. The number of H-pyrrole nitrogens is 1. The number of anilines is 1. The van der Waals surface area contributed by atoms with Crippen molar-refractivity contribution in [2.75, 3.05) is 11.1 Å². The normalized spacial score (nSPS) is 10.3. The Morgan fingerprint density at radius 2 is 2.17 bits per heavy atom. The number of aromatic amines is 1. The number of carbonyl (C=O) groups excluding carboxylic acids is 1. The first-order chi connectivity index (χ1) is 8.63. The zero-order valence-electron chi connectivity index (χ0n) is 9.74. The van der Waals surface area contributed by atoms with E-state index in [2.05, 4.69) is 15.5 Å². The van der Waals surface area contributed by atoms with Gasteiger partial charge in [-0.1, -0.05) is 11.6 Å². The first-order valence-electron chi connectivity index (χ1n) is 5.34. The highest BCUT2D eigenvalue weighted by molar-refractivity contribution is 8.00. The lowest BCUT2D eigenvalue weighted by atomic mass is 10.4. The minimum atomic E-state index is -0.0820. The number of nitrogens with zero attached hydrogens (tertiary/aromatic N) is 1. The standard InChI is InChI=1S/C12H12ClN3OS/c1-8-6-11(16-15-8)14-12(17)7-18-10-4-2-9(13)3-5-10/h2-6H,7H2,1H3,(H2,14,15,16,17). The van der Waals surface area contributed by atoms with Crippen LogP contribution >= 0.6 is 23.4 Å². The van der Waals surface area contributed by atoms with Crippen molar-refractivity contribution >= 4 is 35.1 Å². The number of benzene rings is 1. The van der Waals surface area contributed by atoms with E-state index in [1.807, 2.05) is 19.1 Å². The average molecular weight is 282 g/mol. The third-order valence-electron chi connectivity index (χ3n) is 2.16. The Labute approximate surface area is 114 Å². The maximum absolute atomic E-state index is 11.7. The second kappa shape index (κ2) is 5.93. The van der Waals surface area contributed by atoms with Crippen molar-refractivity contribution in [1.29, 1.82) is 0 Å². The first kappa shape index (κ1) is 13.0. The van der Waals surface area contributed by atoms with Crippen LogP contribution in [0.3, 0.4) is 0 Å². The summed E-state index contributed by atoms with van der Waals surface area (Å²) in [6.45, 7) is 1.88. The summed E-state index contributed by atoms with van der Waals surface area (Å²) in [5, 5.41) is 10.1. The smallest absolute Gasteiger partial charge is 0.235 e. The molecule has 0 aliphatic heterocycles. The van der Waals surface area contributed by atoms with Gasteiger partial charge in [-0.3, -0.25) is 9.89 Å². The number of amides is 1. The number of aromatic nitrogens is 2. The minimum absolute atomic E-state index is 0.0820. The molecule has 0 aliphatic carbocycles. The van der Waals surface area contributed by atoms with Crippen LogP contribution in [-0.2, 0) is 4.79 Å². The lowest BCUT2D eigenvalue weighted by Crippen LogP contribution is -2.14. The Hall–Kier alpha value is -1.46. The van der Waals surface area contributed by atoms with Crippen LogP contribution in [-0.4, -0.2) is 21.9 Å². The fourth-order valence-corrected chi connectivity index (χ4v) is 2.17. The number of rotatable bonds is 4. The number of hydrogen-bond donors (Lipinski definition) is 2. The van der Waals surface area contributed by atoms with Crippen LogP contribution in [0.5, 0.6) is 0 Å². The topological polar surface area (TPSA) is 57.8 Å². The van der Waals surface area contributed by atoms with E-state index in [0.29, 0.717) is 16.6 Å². The molecule has 1 aromatic heterocycles. The molecular formula is C12H12ClN3OS. The maximum Gasteiger partial charge on any atom is 0.235 e. The highest BCUT2D eigenvalue weighted by Crippen LogP contribution is 2.20. The van der Waals surface area contributed by atoms with E-state index in [9.17, 15) is 4.79 Å². The van der Waals surface area contributed by atoms with Gasteiger partial charge in [0.2, 0.25) is 5.91 Å². The van der Waals surface area contributed by atoms with Crippen LogP contribution in [0.4, 0.5) is 5.82 Å². The molecule has 0 unspecified atom stereocenters. The van der Waals surface area contributed by atoms with E-state index in [4.69, 9.17) is 11.6 Å². The molecule has 0 atom stereocenters. The van der Waals surface area contributed by atoms with Crippen LogP contribution in [0.25, 0.3) is 0 Å². The van der Waals surface area contributed by atoms with Gasteiger partial charge in [0, 0.05) is 21.7 Å². The molecule has 4 nitrogen and oxygen atoms in total. The molecule has 0 saturated heterocycles. The summed E-state index contributed by atoms with van der Waals surface area (Å²) in [6.07, 6.45) is 0. The van der Waals surface area contributed by atoms with Gasteiger partial charge in [-0.2, -0.15) is 5.10 Å². The molecule has 2 aromatic rings.